The summed E-state index contributed by atoms with van der Waals surface area (Å²) in [7, 11) is 3.33. The minimum atomic E-state index is -0.204. The van der Waals surface area contributed by atoms with Crippen LogP contribution in [0.1, 0.15) is 10.4 Å². The average Bonchev–Trinajstić information content (AvgIpc) is 2.64. The van der Waals surface area contributed by atoms with E-state index in [4.69, 9.17) is 16.3 Å². The first-order chi connectivity index (χ1) is 12.5. The molecule has 0 aromatic heterocycles. The first-order valence-electron chi connectivity index (χ1n) is 8.17. The van der Waals surface area contributed by atoms with Crippen molar-refractivity contribution in [3.8, 4) is 5.75 Å². The van der Waals surface area contributed by atoms with Gasteiger partial charge >= 0.3 is 0 Å². The number of anilines is 1. The van der Waals surface area contributed by atoms with Gasteiger partial charge in [0, 0.05) is 24.8 Å². The van der Waals surface area contributed by atoms with E-state index in [1.807, 2.05) is 30.3 Å². The quantitative estimate of drug-likeness (QED) is 0.696. The fourth-order valence-electron chi connectivity index (χ4n) is 2.20. The van der Waals surface area contributed by atoms with E-state index in [1.54, 1.807) is 32.3 Å². The largest absolute Gasteiger partial charge is 0.492 e. The standard InChI is InChI=1S/C19H22ClN3O3/c1-23(2)19(25)16-9-8-14(20)12-17(16)22-13-18(24)21-10-11-26-15-6-4-3-5-7-15/h3-9,12,22H,10-11,13H2,1-2H3,(H,21,24). The molecule has 0 spiro atoms. The molecule has 7 heteroatoms. The highest BCUT2D eigenvalue weighted by atomic mass is 35.5. The second-order valence-corrected chi connectivity index (χ2v) is 6.19. The highest BCUT2D eigenvalue weighted by Gasteiger charge is 2.14. The number of rotatable bonds is 8. The Balaban J connectivity index is 1.81. The second-order valence-electron chi connectivity index (χ2n) is 5.75. The molecule has 0 aliphatic rings. The van der Waals surface area contributed by atoms with Gasteiger partial charge in [-0.05, 0) is 30.3 Å². The highest BCUT2D eigenvalue weighted by Crippen LogP contribution is 2.22. The molecule has 0 atom stereocenters. The van der Waals surface area contributed by atoms with E-state index in [0.29, 0.717) is 29.4 Å². The number of halogens is 1. The van der Waals surface area contributed by atoms with Gasteiger partial charge in [0.25, 0.3) is 5.91 Å². The molecule has 0 unspecified atom stereocenters. The van der Waals surface area contributed by atoms with E-state index in [0.717, 1.165) is 5.75 Å². The molecule has 2 N–H and O–H groups in total. The summed E-state index contributed by atoms with van der Waals surface area (Å²) in [4.78, 5) is 25.6. The Labute approximate surface area is 158 Å². The molecule has 0 heterocycles. The number of hydrogen-bond donors (Lipinski definition) is 2. The molecule has 0 saturated carbocycles. The van der Waals surface area contributed by atoms with E-state index < -0.39 is 0 Å². The van der Waals surface area contributed by atoms with Gasteiger partial charge in [-0.2, -0.15) is 0 Å². The number of carbonyl (C=O) groups is 2. The molecule has 0 bridgehead atoms. The lowest BCUT2D eigenvalue weighted by Crippen LogP contribution is -2.33. The average molecular weight is 376 g/mol. The summed E-state index contributed by atoms with van der Waals surface area (Å²) in [6.45, 7) is 0.783. The fraction of sp³-hybridized carbons (Fsp3) is 0.263. The number of carbonyl (C=O) groups excluding carboxylic acids is 2. The topological polar surface area (TPSA) is 70.7 Å². The van der Waals surface area contributed by atoms with E-state index in [9.17, 15) is 9.59 Å². The van der Waals surface area contributed by atoms with Crippen molar-refractivity contribution < 1.29 is 14.3 Å². The van der Waals surface area contributed by atoms with Crippen LogP contribution in [0.2, 0.25) is 5.02 Å². The van der Waals surface area contributed by atoms with Crippen molar-refractivity contribution >= 4 is 29.1 Å². The summed E-state index contributed by atoms with van der Waals surface area (Å²) < 4.78 is 5.51. The number of para-hydroxylation sites is 1. The summed E-state index contributed by atoms with van der Waals surface area (Å²) in [5.41, 5.74) is 0.978. The van der Waals surface area contributed by atoms with Crippen LogP contribution in [-0.4, -0.2) is 50.5 Å². The lowest BCUT2D eigenvalue weighted by molar-refractivity contribution is -0.119. The molecule has 2 amide bonds. The van der Waals surface area contributed by atoms with Gasteiger partial charge in [-0.25, -0.2) is 0 Å². The second kappa shape index (κ2) is 9.68. The van der Waals surface area contributed by atoms with Gasteiger partial charge in [0.05, 0.1) is 18.7 Å². The highest BCUT2D eigenvalue weighted by molar-refractivity contribution is 6.31. The summed E-state index contributed by atoms with van der Waals surface area (Å²) in [6.07, 6.45) is 0. The zero-order valence-electron chi connectivity index (χ0n) is 14.8. The Bertz CT molecular complexity index is 751. The van der Waals surface area contributed by atoms with E-state index in [1.165, 1.54) is 4.90 Å². The Hall–Kier alpha value is -2.73. The van der Waals surface area contributed by atoms with Crippen LogP contribution in [0, 0.1) is 0 Å². The van der Waals surface area contributed by atoms with Crippen LogP contribution in [0.3, 0.4) is 0 Å². The van der Waals surface area contributed by atoms with Crippen molar-refractivity contribution in [2.45, 2.75) is 0 Å². The third kappa shape index (κ3) is 5.97. The first kappa shape index (κ1) is 19.6. The number of nitrogens with zero attached hydrogens (tertiary/aromatic N) is 1. The molecule has 2 rings (SSSR count). The number of nitrogens with one attached hydrogen (secondary N) is 2. The van der Waals surface area contributed by atoms with Crippen molar-refractivity contribution in [3.05, 3.63) is 59.1 Å². The number of amides is 2. The van der Waals surface area contributed by atoms with Gasteiger partial charge in [0.1, 0.15) is 12.4 Å². The van der Waals surface area contributed by atoms with Crippen LogP contribution in [0.15, 0.2) is 48.5 Å². The predicted molar refractivity (Wildman–Crippen MR) is 103 cm³/mol. The van der Waals surface area contributed by atoms with Crippen molar-refractivity contribution in [3.63, 3.8) is 0 Å². The minimum absolute atomic E-state index is 0.0272. The molecule has 0 aliphatic carbocycles. The van der Waals surface area contributed by atoms with Crippen LogP contribution in [0.25, 0.3) is 0 Å². The SMILES string of the molecule is CN(C)C(=O)c1ccc(Cl)cc1NCC(=O)NCCOc1ccccc1. The minimum Gasteiger partial charge on any atom is -0.492 e. The summed E-state index contributed by atoms with van der Waals surface area (Å²) in [5, 5.41) is 6.20. The van der Waals surface area contributed by atoms with Crippen LogP contribution >= 0.6 is 11.6 Å². The molecule has 6 nitrogen and oxygen atoms in total. The lowest BCUT2D eigenvalue weighted by atomic mass is 10.1. The first-order valence-corrected chi connectivity index (χ1v) is 8.55. The number of ether oxygens (including phenoxy) is 1. The van der Waals surface area contributed by atoms with E-state index >= 15 is 0 Å². The van der Waals surface area contributed by atoms with E-state index in [2.05, 4.69) is 10.6 Å². The molecule has 0 radical (unpaired) electrons. The molecule has 26 heavy (non-hydrogen) atoms. The molecule has 0 saturated heterocycles. The summed E-state index contributed by atoms with van der Waals surface area (Å²) in [6, 6.07) is 14.3. The van der Waals surface area contributed by atoms with Gasteiger partial charge in [0.15, 0.2) is 0 Å². The third-order valence-electron chi connectivity index (χ3n) is 3.49. The molecular weight excluding hydrogens is 354 g/mol. The van der Waals surface area contributed by atoms with Crippen LogP contribution in [0.5, 0.6) is 5.75 Å². The Morgan fingerprint density at radius 1 is 1.12 bits per heavy atom. The molecule has 0 fully saturated rings. The van der Waals surface area contributed by atoms with Crippen LogP contribution in [0.4, 0.5) is 5.69 Å². The molecule has 138 valence electrons. The zero-order chi connectivity index (χ0) is 18.9. The van der Waals surface area contributed by atoms with Gasteiger partial charge < -0.3 is 20.3 Å². The van der Waals surface area contributed by atoms with Crippen LogP contribution < -0.4 is 15.4 Å². The maximum atomic E-state index is 12.2. The fourth-order valence-corrected chi connectivity index (χ4v) is 2.38. The summed E-state index contributed by atoms with van der Waals surface area (Å²) >= 11 is 6.00. The lowest BCUT2D eigenvalue weighted by Gasteiger charge is -2.15. The van der Waals surface area contributed by atoms with E-state index in [-0.39, 0.29) is 18.4 Å². The molecule has 0 aliphatic heterocycles. The summed E-state index contributed by atoms with van der Waals surface area (Å²) in [5.74, 6) is 0.386. The van der Waals surface area contributed by atoms with Crippen molar-refractivity contribution in [1.82, 2.24) is 10.2 Å². The van der Waals surface area contributed by atoms with Gasteiger partial charge in [-0.15, -0.1) is 0 Å². The Morgan fingerprint density at radius 2 is 1.85 bits per heavy atom. The van der Waals surface area contributed by atoms with Gasteiger partial charge in [-0.1, -0.05) is 29.8 Å². The third-order valence-corrected chi connectivity index (χ3v) is 3.73. The Morgan fingerprint density at radius 3 is 2.54 bits per heavy atom. The molecular formula is C19H22ClN3O3. The van der Waals surface area contributed by atoms with Crippen molar-refractivity contribution in [1.29, 1.82) is 0 Å². The number of hydrogen-bond acceptors (Lipinski definition) is 4. The molecule has 2 aromatic carbocycles. The zero-order valence-corrected chi connectivity index (χ0v) is 15.5. The molecule has 2 aromatic rings. The maximum absolute atomic E-state index is 12.2. The smallest absolute Gasteiger partial charge is 0.255 e. The Kier molecular flexibility index (Phi) is 7.29. The van der Waals surface area contributed by atoms with Crippen molar-refractivity contribution in [2.75, 3.05) is 39.1 Å². The number of benzene rings is 2. The van der Waals surface area contributed by atoms with Crippen molar-refractivity contribution in [2.24, 2.45) is 0 Å². The predicted octanol–water partition coefficient (Wildman–Crippen LogP) is 2.65. The van der Waals surface area contributed by atoms with Gasteiger partial charge in [0.2, 0.25) is 5.91 Å². The normalized spacial score (nSPS) is 10.1. The van der Waals surface area contributed by atoms with Crippen LogP contribution in [-0.2, 0) is 4.79 Å². The maximum Gasteiger partial charge on any atom is 0.255 e. The van der Waals surface area contributed by atoms with Gasteiger partial charge in [-0.3, -0.25) is 9.59 Å². The monoisotopic (exact) mass is 375 g/mol.